The molecule has 0 bridgehead atoms. The van der Waals surface area contributed by atoms with Gasteiger partial charge in [-0.05, 0) is 30.5 Å². The van der Waals surface area contributed by atoms with Crippen molar-refractivity contribution in [1.29, 1.82) is 0 Å². The van der Waals surface area contributed by atoms with Crippen LogP contribution in [0, 0.1) is 0 Å². The first-order valence-electron chi connectivity index (χ1n) is 8.52. The van der Waals surface area contributed by atoms with Crippen LogP contribution in [-0.2, 0) is 6.54 Å². The molecule has 0 radical (unpaired) electrons. The number of pyridine rings is 1. The summed E-state index contributed by atoms with van der Waals surface area (Å²) in [6, 6.07) is 7.98. The van der Waals surface area contributed by atoms with Crippen LogP contribution in [0.4, 0.5) is 5.82 Å². The maximum atomic E-state index is 12.6. The first kappa shape index (κ1) is 15.6. The summed E-state index contributed by atoms with van der Waals surface area (Å²) in [5.41, 5.74) is 0.394. The summed E-state index contributed by atoms with van der Waals surface area (Å²) in [7, 11) is 0. The minimum Gasteiger partial charge on any atom is -0.333 e. The second-order valence-electron chi connectivity index (χ2n) is 6.46. The van der Waals surface area contributed by atoms with E-state index in [-0.39, 0.29) is 11.6 Å². The van der Waals surface area contributed by atoms with Crippen LogP contribution in [0.15, 0.2) is 35.8 Å². The van der Waals surface area contributed by atoms with E-state index in [4.69, 9.17) is 0 Å². The van der Waals surface area contributed by atoms with Crippen LogP contribution < -0.4 is 10.2 Å². The number of aromatic nitrogens is 1. The van der Waals surface area contributed by atoms with Gasteiger partial charge in [0, 0.05) is 50.1 Å². The standard InChI is InChI=1S/C18H22N4OS/c1-2-22-16-15(6-3-9-19-16)17(23)20-18(22)7-10-21(11-8-18)13-14-5-4-12-24-14/h3-6,9,12H,2,7-8,10-11,13H2,1H3,(H,20,23). The molecule has 2 aliphatic rings. The molecule has 1 N–H and O–H groups in total. The van der Waals surface area contributed by atoms with Crippen molar-refractivity contribution >= 4 is 23.1 Å². The van der Waals surface area contributed by atoms with Crippen molar-refractivity contribution in [2.45, 2.75) is 32.0 Å². The minimum atomic E-state index is -0.293. The molecule has 1 saturated heterocycles. The third-order valence-electron chi connectivity index (χ3n) is 5.11. The van der Waals surface area contributed by atoms with Crippen molar-refractivity contribution in [3.05, 3.63) is 46.3 Å². The van der Waals surface area contributed by atoms with Crippen LogP contribution in [0.1, 0.15) is 35.0 Å². The molecule has 6 heteroatoms. The molecular weight excluding hydrogens is 320 g/mol. The topological polar surface area (TPSA) is 48.5 Å². The second-order valence-corrected chi connectivity index (χ2v) is 7.49. The first-order chi connectivity index (χ1) is 11.7. The maximum absolute atomic E-state index is 12.6. The number of hydrogen-bond acceptors (Lipinski definition) is 5. The Morgan fingerprint density at radius 3 is 2.83 bits per heavy atom. The van der Waals surface area contributed by atoms with Gasteiger partial charge in [-0.1, -0.05) is 6.07 Å². The van der Waals surface area contributed by atoms with Gasteiger partial charge in [-0.15, -0.1) is 11.3 Å². The fourth-order valence-electron chi connectivity index (χ4n) is 3.89. The lowest BCUT2D eigenvalue weighted by Crippen LogP contribution is -2.67. The highest BCUT2D eigenvalue weighted by atomic mass is 32.1. The Labute approximate surface area is 146 Å². The fraction of sp³-hybridized carbons (Fsp3) is 0.444. The maximum Gasteiger partial charge on any atom is 0.256 e. The normalized spacial score (nSPS) is 20.0. The summed E-state index contributed by atoms with van der Waals surface area (Å²) in [5.74, 6) is 0.838. The highest BCUT2D eigenvalue weighted by Gasteiger charge is 2.45. The summed E-state index contributed by atoms with van der Waals surface area (Å²) in [6.45, 7) is 5.95. The van der Waals surface area contributed by atoms with Crippen LogP contribution in [0.5, 0.6) is 0 Å². The van der Waals surface area contributed by atoms with Crippen molar-refractivity contribution < 1.29 is 4.79 Å². The molecule has 0 aromatic carbocycles. The van der Waals surface area contributed by atoms with Gasteiger partial charge in [0.2, 0.25) is 0 Å². The van der Waals surface area contributed by atoms with Gasteiger partial charge in [0.1, 0.15) is 11.5 Å². The van der Waals surface area contributed by atoms with Crippen molar-refractivity contribution in [3.8, 4) is 0 Å². The number of anilines is 1. The summed E-state index contributed by atoms with van der Waals surface area (Å²) in [4.78, 5) is 23.2. The lowest BCUT2D eigenvalue weighted by Gasteiger charge is -2.51. The number of rotatable bonds is 3. The van der Waals surface area contributed by atoms with Crippen LogP contribution in [0.25, 0.3) is 0 Å². The zero-order valence-electron chi connectivity index (χ0n) is 13.9. The van der Waals surface area contributed by atoms with E-state index >= 15 is 0 Å². The van der Waals surface area contributed by atoms with Gasteiger partial charge in [0.05, 0.1) is 5.56 Å². The summed E-state index contributed by atoms with van der Waals surface area (Å²) < 4.78 is 0. The Balaban J connectivity index is 1.54. The van der Waals surface area contributed by atoms with E-state index in [0.717, 1.165) is 44.8 Å². The third kappa shape index (κ3) is 2.59. The molecule has 0 unspecified atom stereocenters. The zero-order valence-corrected chi connectivity index (χ0v) is 14.7. The van der Waals surface area contributed by atoms with E-state index in [1.165, 1.54) is 4.88 Å². The highest BCUT2D eigenvalue weighted by Crippen LogP contribution is 2.36. The van der Waals surface area contributed by atoms with Crippen molar-refractivity contribution in [2.24, 2.45) is 0 Å². The average molecular weight is 342 g/mol. The number of fused-ring (bicyclic) bond motifs is 1. The Morgan fingerprint density at radius 2 is 2.12 bits per heavy atom. The minimum absolute atomic E-state index is 0.00880. The predicted octanol–water partition coefficient (Wildman–Crippen LogP) is 2.71. The number of nitrogens with zero attached hydrogens (tertiary/aromatic N) is 3. The zero-order chi connectivity index (χ0) is 16.6. The molecule has 126 valence electrons. The Hall–Kier alpha value is -1.92. The molecule has 2 aromatic heterocycles. The number of thiophene rings is 1. The van der Waals surface area contributed by atoms with Crippen LogP contribution >= 0.6 is 11.3 Å². The summed E-state index contributed by atoms with van der Waals surface area (Å²) in [6.07, 6.45) is 3.63. The second kappa shape index (κ2) is 6.18. The molecule has 4 heterocycles. The molecule has 0 saturated carbocycles. The van der Waals surface area contributed by atoms with Gasteiger partial charge in [-0.2, -0.15) is 0 Å². The molecule has 2 aliphatic heterocycles. The van der Waals surface area contributed by atoms with Crippen LogP contribution in [0.2, 0.25) is 0 Å². The molecule has 2 aromatic rings. The quantitative estimate of drug-likeness (QED) is 0.932. The third-order valence-corrected chi connectivity index (χ3v) is 5.97. The van der Waals surface area contributed by atoms with Gasteiger partial charge >= 0.3 is 0 Å². The monoisotopic (exact) mass is 342 g/mol. The van der Waals surface area contributed by atoms with E-state index in [1.54, 1.807) is 6.20 Å². The predicted molar refractivity (Wildman–Crippen MR) is 96.3 cm³/mol. The smallest absolute Gasteiger partial charge is 0.256 e. The van der Waals surface area contributed by atoms with Crippen molar-refractivity contribution in [2.75, 3.05) is 24.5 Å². The number of amides is 1. The molecular formula is C18H22N4OS. The van der Waals surface area contributed by atoms with Gasteiger partial charge in [0.25, 0.3) is 5.91 Å². The van der Waals surface area contributed by atoms with E-state index < -0.39 is 0 Å². The first-order valence-corrected chi connectivity index (χ1v) is 9.40. The molecule has 1 amide bonds. The number of piperidine rings is 1. The van der Waals surface area contributed by atoms with E-state index in [0.29, 0.717) is 5.56 Å². The number of likely N-dealkylation sites (tertiary alicyclic amines) is 1. The Bertz CT molecular complexity index is 722. The average Bonchev–Trinajstić information content (AvgIpc) is 3.11. The summed E-state index contributed by atoms with van der Waals surface area (Å²) in [5, 5.41) is 5.42. The largest absolute Gasteiger partial charge is 0.333 e. The molecule has 5 nitrogen and oxygen atoms in total. The van der Waals surface area contributed by atoms with E-state index in [1.807, 2.05) is 23.5 Å². The van der Waals surface area contributed by atoms with Crippen molar-refractivity contribution in [1.82, 2.24) is 15.2 Å². The molecule has 24 heavy (non-hydrogen) atoms. The van der Waals surface area contributed by atoms with E-state index in [2.05, 4.69) is 44.5 Å². The molecule has 0 atom stereocenters. The fourth-order valence-corrected chi connectivity index (χ4v) is 4.64. The molecule has 1 fully saturated rings. The molecule has 4 rings (SSSR count). The SMILES string of the molecule is CCN1c2ncccc2C(=O)NC12CCN(Cc1cccs1)CC2. The summed E-state index contributed by atoms with van der Waals surface area (Å²) >= 11 is 1.81. The molecule has 0 aliphatic carbocycles. The van der Waals surface area contributed by atoms with E-state index in [9.17, 15) is 4.79 Å². The molecule has 1 spiro atoms. The van der Waals surface area contributed by atoms with Crippen LogP contribution in [0.3, 0.4) is 0 Å². The van der Waals surface area contributed by atoms with Gasteiger partial charge < -0.3 is 10.2 Å². The number of nitrogens with one attached hydrogen (secondary N) is 1. The number of carbonyl (C=O) groups excluding carboxylic acids is 1. The highest BCUT2D eigenvalue weighted by molar-refractivity contribution is 7.09. The van der Waals surface area contributed by atoms with Crippen molar-refractivity contribution in [3.63, 3.8) is 0 Å². The lowest BCUT2D eigenvalue weighted by molar-refractivity contribution is 0.0763. The Kier molecular flexibility index (Phi) is 4.02. The van der Waals surface area contributed by atoms with Gasteiger partial charge in [0.15, 0.2) is 0 Å². The number of hydrogen-bond donors (Lipinski definition) is 1. The van der Waals surface area contributed by atoms with Gasteiger partial charge in [-0.3, -0.25) is 9.69 Å². The Morgan fingerprint density at radius 1 is 1.29 bits per heavy atom. The van der Waals surface area contributed by atoms with Gasteiger partial charge in [-0.25, -0.2) is 4.98 Å². The van der Waals surface area contributed by atoms with Crippen LogP contribution in [-0.4, -0.2) is 41.1 Å². The number of carbonyl (C=O) groups is 1. The lowest BCUT2D eigenvalue weighted by atomic mass is 9.91.